The van der Waals surface area contributed by atoms with Gasteiger partial charge in [-0.25, -0.2) is 4.79 Å². The molecule has 0 spiro atoms. The summed E-state index contributed by atoms with van der Waals surface area (Å²) in [5, 5.41) is 6.89. The largest absolute Gasteiger partial charge is 0.465 e. The highest BCUT2D eigenvalue weighted by Crippen LogP contribution is 2.13. The predicted octanol–water partition coefficient (Wildman–Crippen LogP) is 2.42. The monoisotopic (exact) mass is 262 g/mol. The Balaban J connectivity index is 1.80. The van der Waals surface area contributed by atoms with Gasteiger partial charge in [-0.05, 0) is 44.0 Å². The zero-order chi connectivity index (χ0) is 13.5. The number of nitrogens with one attached hydrogen (secondary N) is 2. The molecule has 0 radical (unpaired) electrons. The number of rotatable bonds is 5. The van der Waals surface area contributed by atoms with E-state index in [2.05, 4.69) is 10.6 Å². The summed E-state index contributed by atoms with van der Waals surface area (Å²) in [4.78, 5) is 11.4. The summed E-state index contributed by atoms with van der Waals surface area (Å²) < 4.78 is 4.71. The van der Waals surface area contributed by atoms with Gasteiger partial charge in [-0.2, -0.15) is 0 Å². The third-order valence-electron chi connectivity index (χ3n) is 3.52. The maximum Gasteiger partial charge on any atom is 0.337 e. The minimum atomic E-state index is -0.294. The molecule has 4 nitrogen and oxygen atoms in total. The van der Waals surface area contributed by atoms with Crippen molar-refractivity contribution < 1.29 is 9.53 Å². The summed E-state index contributed by atoms with van der Waals surface area (Å²) in [7, 11) is 1.40. The summed E-state index contributed by atoms with van der Waals surface area (Å²) in [6.45, 7) is 2.06. The smallest absolute Gasteiger partial charge is 0.337 e. The van der Waals surface area contributed by atoms with E-state index < -0.39 is 0 Å². The van der Waals surface area contributed by atoms with Crippen LogP contribution in [0.2, 0.25) is 0 Å². The number of piperidine rings is 1. The number of methoxy groups -OCH3 is 1. The number of carbonyl (C=O) groups is 1. The molecule has 1 atom stereocenters. The number of esters is 1. The molecule has 1 saturated heterocycles. The Morgan fingerprint density at radius 2 is 2.37 bits per heavy atom. The van der Waals surface area contributed by atoms with E-state index in [-0.39, 0.29) is 5.97 Å². The van der Waals surface area contributed by atoms with Gasteiger partial charge in [-0.1, -0.05) is 12.5 Å². The summed E-state index contributed by atoms with van der Waals surface area (Å²) in [6, 6.07) is 8.07. The van der Waals surface area contributed by atoms with Crippen molar-refractivity contribution >= 4 is 11.7 Å². The van der Waals surface area contributed by atoms with Crippen LogP contribution < -0.4 is 10.6 Å². The van der Waals surface area contributed by atoms with Crippen LogP contribution >= 0.6 is 0 Å². The van der Waals surface area contributed by atoms with E-state index in [1.165, 1.54) is 26.4 Å². The van der Waals surface area contributed by atoms with Crippen molar-refractivity contribution in [2.45, 2.75) is 31.7 Å². The average Bonchev–Trinajstić information content (AvgIpc) is 2.48. The van der Waals surface area contributed by atoms with Crippen molar-refractivity contribution in [3.63, 3.8) is 0 Å². The fraction of sp³-hybridized carbons (Fsp3) is 0.533. The molecule has 0 bridgehead atoms. The number of carbonyl (C=O) groups excluding carboxylic acids is 1. The number of anilines is 1. The van der Waals surface area contributed by atoms with Crippen molar-refractivity contribution in [3.8, 4) is 0 Å². The first-order chi connectivity index (χ1) is 9.29. The lowest BCUT2D eigenvalue weighted by atomic mass is 10.0. The zero-order valence-corrected chi connectivity index (χ0v) is 11.4. The van der Waals surface area contributed by atoms with Gasteiger partial charge in [0.1, 0.15) is 0 Å². The minimum absolute atomic E-state index is 0.294. The van der Waals surface area contributed by atoms with E-state index in [0.717, 1.165) is 25.2 Å². The topological polar surface area (TPSA) is 50.4 Å². The Hall–Kier alpha value is -1.55. The second-order valence-electron chi connectivity index (χ2n) is 4.93. The van der Waals surface area contributed by atoms with Gasteiger partial charge in [0.25, 0.3) is 0 Å². The molecule has 104 valence electrons. The van der Waals surface area contributed by atoms with Crippen LogP contribution in [-0.2, 0) is 4.74 Å². The second kappa shape index (κ2) is 7.14. The van der Waals surface area contributed by atoms with Crippen molar-refractivity contribution in [2.24, 2.45) is 0 Å². The molecule has 2 rings (SSSR count). The summed E-state index contributed by atoms with van der Waals surface area (Å²) in [6.07, 6.45) is 5.01. The van der Waals surface area contributed by atoms with Crippen LogP contribution in [0.3, 0.4) is 0 Å². The lowest BCUT2D eigenvalue weighted by Crippen LogP contribution is -2.35. The van der Waals surface area contributed by atoms with Gasteiger partial charge in [-0.3, -0.25) is 0 Å². The van der Waals surface area contributed by atoms with Crippen LogP contribution in [0.4, 0.5) is 5.69 Å². The van der Waals surface area contributed by atoms with Gasteiger partial charge < -0.3 is 15.4 Å². The molecule has 0 saturated carbocycles. The predicted molar refractivity (Wildman–Crippen MR) is 76.5 cm³/mol. The van der Waals surface area contributed by atoms with Gasteiger partial charge in [0.15, 0.2) is 0 Å². The van der Waals surface area contributed by atoms with Crippen LogP contribution in [0, 0.1) is 0 Å². The second-order valence-corrected chi connectivity index (χ2v) is 4.93. The summed E-state index contributed by atoms with van der Waals surface area (Å²) >= 11 is 0. The zero-order valence-electron chi connectivity index (χ0n) is 11.4. The van der Waals surface area contributed by atoms with Gasteiger partial charge >= 0.3 is 5.97 Å². The first-order valence-electron chi connectivity index (χ1n) is 6.95. The van der Waals surface area contributed by atoms with Crippen LogP contribution in [0.15, 0.2) is 24.3 Å². The maximum absolute atomic E-state index is 11.4. The number of benzene rings is 1. The van der Waals surface area contributed by atoms with Crippen molar-refractivity contribution in [1.82, 2.24) is 5.32 Å². The normalized spacial score (nSPS) is 18.9. The quantitative estimate of drug-likeness (QED) is 0.800. The minimum Gasteiger partial charge on any atom is -0.465 e. The lowest BCUT2D eigenvalue weighted by molar-refractivity contribution is 0.0601. The number of hydrogen-bond acceptors (Lipinski definition) is 4. The average molecular weight is 262 g/mol. The van der Waals surface area contributed by atoms with Gasteiger partial charge in [-0.15, -0.1) is 0 Å². The van der Waals surface area contributed by atoms with E-state index in [0.29, 0.717) is 11.6 Å². The Morgan fingerprint density at radius 1 is 1.47 bits per heavy atom. The van der Waals surface area contributed by atoms with E-state index >= 15 is 0 Å². The summed E-state index contributed by atoms with van der Waals surface area (Å²) in [5.74, 6) is -0.294. The number of hydrogen-bond donors (Lipinski definition) is 2. The third kappa shape index (κ3) is 4.24. The molecular formula is C15H22N2O2. The van der Waals surface area contributed by atoms with Gasteiger partial charge in [0.05, 0.1) is 12.7 Å². The van der Waals surface area contributed by atoms with Crippen LogP contribution in [-0.4, -0.2) is 32.2 Å². The molecule has 4 heteroatoms. The molecular weight excluding hydrogens is 240 g/mol. The van der Waals surface area contributed by atoms with Gasteiger partial charge in [0, 0.05) is 18.3 Å². The molecule has 0 amide bonds. The van der Waals surface area contributed by atoms with E-state index in [4.69, 9.17) is 4.74 Å². The highest BCUT2D eigenvalue weighted by molar-refractivity contribution is 5.90. The van der Waals surface area contributed by atoms with Crippen LogP contribution in [0.25, 0.3) is 0 Å². The highest BCUT2D eigenvalue weighted by atomic mass is 16.5. The molecule has 1 fully saturated rings. The maximum atomic E-state index is 11.4. The van der Waals surface area contributed by atoms with Crippen molar-refractivity contribution in [1.29, 1.82) is 0 Å². The van der Waals surface area contributed by atoms with E-state index in [1.54, 1.807) is 6.07 Å². The molecule has 2 N–H and O–H groups in total. The third-order valence-corrected chi connectivity index (χ3v) is 3.52. The van der Waals surface area contributed by atoms with Crippen LogP contribution in [0.5, 0.6) is 0 Å². The molecule has 0 aliphatic carbocycles. The van der Waals surface area contributed by atoms with Gasteiger partial charge in [0.2, 0.25) is 0 Å². The highest BCUT2D eigenvalue weighted by Gasteiger charge is 2.11. The molecule has 0 aromatic heterocycles. The Morgan fingerprint density at radius 3 is 3.11 bits per heavy atom. The first-order valence-corrected chi connectivity index (χ1v) is 6.95. The van der Waals surface area contributed by atoms with E-state index in [9.17, 15) is 4.79 Å². The Labute approximate surface area is 114 Å². The van der Waals surface area contributed by atoms with Crippen molar-refractivity contribution in [3.05, 3.63) is 29.8 Å². The molecule has 1 unspecified atom stereocenters. The fourth-order valence-corrected chi connectivity index (χ4v) is 2.44. The number of ether oxygens (including phenoxy) is 1. The molecule has 1 aromatic carbocycles. The SMILES string of the molecule is COC(=O)c1cccc(NCCC2CCCCN2)c1. The summed E-state index contributed by atoms with van der Waals surface area (Å²) in [5.41, 5.74) is 1.56. The Kier molecular flexibility index (Phi) is 5.21. The molecule has 1 heterocycles. The van der Waals surface area contributed by atoms with Crippen LogP contribution in [0.1, 0.15) is 36.0 Å². The lowest BCUT2D eigenvalue weighted by Gasteiger charge is -2.23. The Bertz CT molecular complexity index is 414. The molecule has 19 heavy (non-hydrogen) atoms. The van der Waals surface area contributed by atoms with Crippen molar-refractivity contribution in [2.75, 3.05) is 25.5 Å². The fourth-order valence-electron chi connectivity index (χ4n) is 2.44. The molecule has 1 aliphatic rings. The molecule has 1 aromatic rings. The standard InChI is InChI=1S/C15H22N2O2/c1-19-15(18)12-5-4-7-14(11-12)17-10-8-13-6-2-3-9-16-13/h4-5,7,11,13,16-17H,2-3,6,8-10H2,1H3. The molecule has 1 aliphatic heterocycles. The van der Waals surface area contributed by atoms with E-state index in [1.807, 2.05) is 18.2 Å². The first kappa shape index (κ1) is 13.9.